The molecule has 0 unspecified atom stereocenters. The summed E-state index contributed by atoms with van der Waals surface area (Å²) in [6.07, 6.45) is 1.35. The van der Waals surface area contributed by atoms with E-state index in [-0.39, 0.29) is 6.61 Å². The summed E-state index contributed by atoms with van der Waals surface area (Å²) >= 11 is 12.1. The summed E-state index contributed by atoms with van der Waals surface area (Å²) in [5.41, 5.74) is 1.76. The van der Waals surface area contributed by atoms with Crippen LogP contribution in [0.4, 0.5) is 0 Å². The molecule has 0 saturated carbocycles. The van der Waals surface area contributed by atoms with Crippen LogP contribution >= 0.6 is 23.2 Å². The second kappa shape index (κ2) is 7.40. The van der Waals surface area contributed by atoms with Gasteiger partial charge in [-0.2, -0.15) is 0 Å². The number of hydrogen-bond donors (Lipinski definition) is 1. The minimum absolute atomic E-state index is 0.185. The highest BCUT2D eigenvalue weighted by molar-refractivity contribution is 6.37. The van der Waals surface area contributed by atoms with Crippen LogP contribution in [0.1, 0.15) is 11.1 Å². The molecule has 3 aromatic carbocycles. The molecule has 0 saturated heterocycles. The van der Waals surface area contributed by atoms with E-state index in [9.17, 15) is 0 Å². The van der Waals surface area contributed by atoms with Crippen LogP contribution in [0, 0.1) is 17.3 Å². The standard InChI is InChI=1S/C20H13Cl2NO/c21-18-8-3-9-19(22)20(18)24-12-4-5-14-10-11-15(13-23)17-7-2-1-6-16(14)17/h1-3,6-11,13,23H,12H2. The predicted molar refractivity (Wildman–Crippen MR) is 101 cm³/mol. The average molecular weight is 354 g/mol. The van der Waals surface area contributed by atoms with Crippen LogP contribution < -0.4 is 4.74 Å². The Balaban J connectivity index is 1.84. The van der Waals surface area contributed by atoms with Crippen LogP contribution in [-0.4, -0.2) is 12.8 Å². The molecule has 24 heavy (non-hydrogen) atoms. The van der Waals surface area contributed by atoms with Gasteiger partial charge in [-0.05, 0) is 34.5 Å². The molecule has 0 aliphatic heterocycles. The first kappa shape index (κ1) is 16.4. The summed E-state index contributed by atoms with van der Waals surface area (Å²) in [6.45, 7) is 0.185. The van der Waals surface area contributed by atoms with Gasteiger partial charge in [0.1, 0.15) is 6.61 Å². The fourth-order valence-corrected chi connectivity index (χ4v) is 2.92. The number of para-hydroxylation sites is 1. The van der Waals surface area contributed by atoms with Crippen molar-refractivity contribution < 1.29 is 4.74 Å². The maximum Gasteiger partial charge on any atom is 0.157 e. The zero-order valence-corrected chi connectivity index (χ0v) is 14.2. The molecule has 0 heterocycles. The van der Waals surface area contributed by atoms with Crippen molar-refractivity contribution in [3.05, 3.63) is 75.8 Å². The van der Waals surface area contributed by atoms with Crippen LogP contribution in [0.2, 0.25) is 10.0 Å². The van der Waals surface area contributed by atoms with E-state index in [4.69, 9.17) is 33.3 Å². The van der Waals surface area contributed by atoms with E-state index < -0.39 is 0 Å². The van der Waals surface area contributed by atoms with E-state index in [1.165, 1.54) is 6.21 Å². The zero-order chi connectivity index (χ0) is 16.9. The van der Waals surface area contributed by atoms with Crippen molar-refractivity contribution in [2.24, 2.45) is 0 Å². The van der Waals surface area contributed by atoms with E-state index in [0.29, 0.717) is 15.8 Å². The number of benzene rings is 3. The van der Waals surface area contributed by atoms with Crippen LogP contribution in [0.5, 0.6) is 5.75 Å². The number of ether oxygens (including phenoxy) is 1. The molecule has 3 rings (SSSR count). The summed E-state index contributed by atoms with van der Waals surface area (Å²) in [5, 5.41) is 10.4. The van der Waals surface area contributed by atoms with Crippen LogP contribution in [0.15, 0.2) is 54.6 Å². The number of nitrogens with one attached hydrogen (secondary N) is 1. The van der Waals surface area contributed by atoms with Gasteiger partial charge in [-0.1, -0.05) is 71.4 Å². The van der Waals surface area contributed by atoms with E-state index >= 15 is 0 Å². The van der Waals surface area contributed by atoms with Crippen molar-refractivity contribution in [2.75, 3.05) is 6.61 Å². The lowest BCUT2D eigenvalue weighted by atomic mass is 10.0. The molecular formula is C20H13Cl2NO. The topological polar surface area (TPSA) is 33.1 Å². The molecule has 118 valence electrons. The van der Waals surface area contributed by atoms with E-state index in [1.54, 1.807) is 18.2 Å². The smallest absolute Gasteiger partial charge is 0.157 e. The Bertz CT molecular complexity index is 950. The van der Waals surface area contributed by atoms with E-state index in [0.717, 1.165) is 21.9 Å². The van der Waals surface area contributed by atoms with Gasteiger partial charge in [0.05, 0.1) is 10.0 Å². The number of halogens is 2. The van der Waals surface area contributed by atoms with Crippen LogP contribution in [-0.2, 0) is 0 Å². The van der Waals surface area contributed by atoms with Gasteiger partial charge in [0, 0.05) is 11.8 Å². The lowest BCUT2D eigenvalue weighted by Gasteiger charge is -2.06. The van der Waals surface area contributed by atoms with Gasteiger partial charge in [0.15, 0.2) is 5.75 Å². The van der Waals surface area contributed by atoms with Gasteiger partial charge in [-0.15, -0.1) is 0 Å². The summed E-state index contributed by atoms with van der Waals surface area (Å²) in [5.74, 6) is 6.54. The van der Waals surface area contributed by atoms with Gasteiger partial charge >= 0.3 is 0 Å². The third kappa shape index (κ3) is 3.38. The molecule has 0 amide bonds. The normalized spacial score (nSPS) is 10.1. The molecule has 0 aliphatic carbocycles. The quantitative estimate of drug-likeness (QED) is 0.484. The number of fused-ring (bicyclic) bond motifs is 1. The second-order valence-electron chi connectivity index (χ2n) is 5.03. The summed E-state index contributed by atoms with van der Waals surface area (Å²) in [7, 11) is 0. The minimum atomic E-state index is 0.185. The second-order valence-corrected chi connectivity index (χ2v) is 5.85. The van der Waals surface area contributed by atoms with Gasteiger partial charge in [-0.3, -0.25) is 0 Å². The molecule has 3 aromatic rings. The molecule has 0 aliphatic rings. The van der Waals surface area contributed by atoms with Crippen molar-refractivity contribution in [3.63, 3.8) is 0 Å². The summed E-state index contributed by atoms with van der Waals surface area (Å²) in [4.78, 5) is 0. The maximum atomic E-state index is 7.49. The van der Waals surface area contributed by atoms with Gasteiger partial charge in [-0.25, -0.2) is 0 Å². The molecule has 0 aromatic heterocycles. The largest absolute Gasteiger partial charge is 0.478 e. The summed E-state index contributed by atoms with van der Waals surface area (Å²) < 4.78 is 5.57. The van der Waals surface area contributed by atoms with Crippen molar-refractivity contribution in [3.8, 4) is 17.6 Å². The zero-order valence-electron chi connectivity index (χ0n) is 12.6. The van der Waals surface area contributed by atoms with Crippen molar-refractivity contribution in [1.82, 2.24) is 0 Å². The third-order valence-electron chi connectivity index (χ3n) is 3.54. The number of rotatable bonds is 3. The van der Waals surface area contributed by atoms with Gasteiger partial charge < -0.3 is 10.1 Å². The van der Waals surface area contributed by atoms with Gasteiger partial charge in [0.2, 0.25) is 0 Å². The predicted octanol–water partition coefficient (Wildman–Crippen LogP) is 5.57. The average Bonchev–Trinajstić information content (AvgIpc) is 2.60. The Kier molecular flexibility index (Phi) is 5.05. The van der Waals surface area contributed by atoms with Crippen LogP contribution in [0.25, 0.3) is 10.8 Å². The number of hydrogen-bond acceptors (Lipinski definition) is 2. The molecule has 4 heteroatoms. The minimum Gasteiger partial charge on any atom is -0.478 e. The fraction of sp³-hybridized carbons (Fsp3) is 0.0500. The highest BCUT2D eigenvalue weighted by Crippen LogP contribution is 2.32. The Hall–Kier alpha value is -2.47. The lowest BCUT2D eigenvalue weighted by Crippen LogP contribution is -1.95. The lowest BCUT2D eigenvalue weighted by molar-refractivity contribution is 0.370. The molecule has 0 bridgehead atoms. The first-order chi connectivity index (χ1) is 11.7. The molecule has 0 spiro atoms. The van der Waals surface area contributed by atoms with E-state index in [1.807, 2.05) is 36.4 Å². The molecular weight excluding hydrogens is 341 g/mol. The Labute approximate surface area is 150 Å². The molecule has 2 nitrogen and oxygen atoms in total. The van der Waals surface area contributed by atoms with Crippen LogP contribution in [0.3, 0.4) is 0 Å². The van der Waals surface area contributed by atoms with Gasteiger partial charge in [0.25, 0.3) is 0 Å². The highest BCUT2D eigenvalue weighted by atomic mass is 35.5. The Morgan fingerprint density at radius 1 is 0.917 bits per heavy atom. The molecule has 0 atom stereocenters. The van der Waals surface area contributed by atoms with E-state index in [2.05, 4.69) is 11.8 Å². The monoisotopic (exact) mass is 353 g/mol. The first-order valence-electron chi connectivity index (χ1n) is 7.28. The molecule has 0 fully saturated rings. The summed E-state index contributed by atoms with van der Waals surface area (Å²) in [6, 6.07) is 16.9. The fourth-order valence-electron chi connectivity index (χ4n) is 2.42. The van der Waals surface area contributed by atoms with Crippen molar-refractivity contribution in [1.29, 1.82) is 5.41 Å². The Morgan fingerprint density at radius 3 is 2.33 bits per heavy atom. The third-order valence-corrected chi connectivity index (χ3v) is 4.14. The Morgan fingerprint density at radius 2 is 1.62 bits per heavy atom. The molecule has 0 radical (unpaired) electrons. The first-order valence-corrected chi connectivity index (χ1v) is 8.04. The van der Waals surface area contributed by atoms with Crippen molar-refractivity contribution in [2.45, 2.75) is 0 Å². The molecule has 1 N–H and O–H groups in total. The highest BCUT2D eigenvalue weighted by Gasteiger charge is 2.05. The SMILES string of the molecule is N=Cc1ccc(C#CCOc2c(Cl)cccc2Cl)c2ccccc12. The maximum absolute atomic E-state index is 7.49. The van der Waals surface area contributed by atoms with Crippen molar-refractivity contribution >= 4 is 40.2 Å².